The first-order valence-corrected chi connectivity index (χ1v) is 18.0. The van der Waals surface area contributed by atoms with Crippen LogP contribution in [-0.4, -0.2) is 141 Å². The van der Waals surface area contributed by atoms with Crippen LogP contribution in [0, 0.1) is 17.8 Å². The summed E-state index contributed by atoms with van der Waals surface area (Å²) in [7, 11) is 0. The summed E-state index contributed by atoms with van der Waals surface area (Å²) in [6, 6.07) is -1.19. The fraction of sp³-hybridized carbons (Fsp3) is 0.853. The van der Waals surface area contributed by atoms with E-state index in [2.05, 4.69) is 25.3 Å². The molecule has 4 heterocycles. The maximum absolute atomic E-state index is 16.2. The van der Waals surface area contributed by atoms with E-state index < -0.39 is 30.3 Å². The first-order chi connectivity index (χ1) is 22.5. The molecule has 2 N–H and O–H groups in total. The van der Waals surface area contributed by atoms with Crippen molar-refractivity contribution < 1.29 is 33.0 Å². The average Bonchev–Trinajstić information content (AvgIpc) is 3.08. The Hall–Kier alpha value is -2.12. The van der Waals surface area contributed by atoms with Crippen LogP contribution in [0.5, 0.6) is 0 Å². The van der Waals surface area contributed by atoms with Gasteiger partial charge < -0.3 is 29.7 Å². The summed E-state index contributed by atoms with van der Waals surface area (Å²) in [6.45, 7) is 8.08. The van der Waals surface area contributed by atoms with Gasteiger partial charge in [-0.3, -0.25) is 24.2 Å². The van der Waals surface area contributed by atoms with Crippen LogP contribution in [0.2, 0.25) is 0 Å². The molecule has 7 rings (SSSR count). The Kier molecular flexibility index (Phi) is 10.3. The molecular formula is C34H52FN5O6. The summed E-state index contributed by atoms with van der Waals surface area (Å²) >= 11 is 0. The number of nitrogens with zero attached hydrogens (tertiary/aromatic N) is 3. The van der Waals surface area contributed by atoms with Gasteiger partial charge in [-0.05, 0) is 44.1 Å². The second-order valence-corrected chi connectivity index (χ2v) is 14.5. The molecular weight excluding hydrogens is 593 g/mol. The standard InChI is InChI=1S/C34H52FN5O6/c35-26-20-24-31-33(30(26)37-29(41)6-9-39-12-16-45-17-13-39)46-28-19-23-5-2-1-4-22(23)18-27(28)40(31)21-25(32(24)42)34(43)36-7-3-8-38-10-14-44-15-11-38/h21-24,26-28,30-31,33H,1-20H2,(H,36,43)(H,37,41). The molecule has 11 nitrogen and oxygen atoms in total. The lowest BCUT2D eigenvalue weighted by molar-refractivity contribution is -0.208. The van der Waals surface area contributed by atoms with E-state index in [0.717, 1.165) is 65.2 Å². The van der Waals surface area contributed by atoms with Crippen LogP contribution < -0.4 is 10.6 Å². The summed E-state index contributed by atoms with van der Waals surface area (Å²) in [6.07, 6.45) is 7.32. The van der Waals surface area contributed by atoms with Gasteiger partial charge in [0.15, 0.2) is 5.78 Å². The molecule has 3 aliphatic carbocycles. The quantitative estimate of drug-likeness (QED) is 0.283. The van der Waals surface area contributed by atoms with Crippen molar-refractivity contribution in [2.45, 2.75) is 94.3 Å². The Morgan fingerprint density at radius 2 is 1.59 bits per heavy atom. The lowest BCUT2D eigenvalue weighted by Gasteiger charge is -2.60. The van der Waals surface area contributed by atoms with E-state index in [0.29, 0.717) is 38.1 Å². The monoisotopic (exact) mass is 645 g/mol. The van der Waals surface area contributed by atoms with Gasteiger partial charge in [0.25, 0.3) is 5.91 Å². The van der Waals surface area contributed by atoms with Gasteiger partial charge in [-0.25, -0.2) is 4.39 Å². The predicted molar refractivity (Wildman–Crippen MR) is 168 cm³/mol. The number of carbonyl (C=O) groups excluding carboxylic acids is 3. The molecule has 3 saturated heterocycles. The van der Waals surface area contributed by atoms with Crippen molar-refractivity contribution in [2.75, 3.05) is 72.2 Å². The summed E-state index contributed by atoms with van der Waals surface area (Å²) < 4.78 is 33.8. The van der Waals surface area contributed by atoms with Crippen molar-refractivity contribution in [3.05, 3.63) is 11.8 Å². The first kappa shape index (κ1) is 32.4. The number of morpholine rings is 3. The molecule has 2 amide bonds. The minimum absolute atomic E-state index is 0.0284. The van der Waals surface area contributed by atoms with Gasteiger partial charge >= 0.3 is 0 Å². The molecule has 0 radical (unpaired) electrons. The zero-order valence-corrected chi connectivity index (χ0v) is 27.1. The van der Waals surface area contributed by atoms with Crippen molar-refractivity contribution in [3.63, 3.8) is 0 Å². The molecule has 9 unspecified atom stereocenters. The van der Waals surface area contributed by atoms with Crippen LogP contribution in [0.3, 0.4) is 0 Å². The average molecular weight is 646 g/mol. The number of rotatable bonds is 9. The summed E-state index contributed by atoms with van der Waals surface area (Å²) in [5.74, 6) is -0.370. The van der Waals surface area contributed by atoms with Gasteiger partial charge in [0.05, 0.1) is 56.2 Å². The highest BCUT2D eigenvalue weighted by Gasteiger charge is 2.60. The third-order valence-corrected chi connectivity index (χ3v) is 11.9. The summed E-state index contributed by atoms with van der Waals surface area (Å²) in [4.78, 5) is 47.4. The van der Waals surface area contributed by atoms with Crippen molar-refractivity contribution in [3.8, 4) is 0 Å². The molecule has 0 bridgehead atoms. The minimum atomic E-state index is -1.44. The SMILES string of the molecule is O=C(CCN1CCOCC1)NC1C(F)CC2C(=O)C(C(=O)NCCCN3CCOCC3)=CN3C4CC5CCCCC5CC4OC1C23. The van der Waals surface area contributed by atoms with Crippen LogP contribution in [0.15, 0.2) is 11.8 Å². The van der Waals surface area contributed by atoms with Gasteiger partial charge in [0.1, 0.15) is 12.3 Å². The van der Waals surface area contributed by atoms with Crippen LogP contribution in [-0.2, 0) is 28.6 Å². The number of ether oxygens (including phenoxy) is 3. The van der Waals surface area contributed by atoms with Gasteiger partial charge in [0.2, 0.25) is 5.91 Å². The number of ketones is 1. The molecule has 12 heteroatoms. The molecule has 0 aromatic rings. The maximum Gasteiger partial charge on any atom is 0.256 e. The summed E-state index contributed by atoms with van der Waals surface area (Å²) in [5.41, 5.74) is 0.137. The van der Waals surface area contributed by atoms with Gasteiger partial charge in [-0.15, -0.1) is 0 Å². The molecule has 6 fully saturated rings. The lowest BCUT2D eigenvalue weighted by Crippen LogP contribution is -2.73. The van der Waals surface area contributed by atoms with E-state index in [9.17, 15) is 14.4 Å². The van der Waals surface area contributed by atoms with Gasteiger partial charge in [-0.1, -0.05) is 25.7 Å². The zero-order chi connectivity index (χ0) is 31.6. The number of alkyl halides is 1. The predicted octanol–water partition coefficient (Wildman–Crippen LogP) is 1.26. The fourth-order valence-corrected chi connectivity index (χ4v) is 9.39. The number of hydrogen-bond acceptors (Lipinski definition) is 9. The highest BCUT2D eigenvalue weighted by Crippen LogP contribution is 2.50. The zero-order valence-electron chi connectivity index (χ0n) is 27.1. The number of fused-ring (bicyclic) bond motifs is 3. The van der Waals surface area contributed by atoms with E-state index in [-0.39, 0.29) is 48.2 Å². The molecule has 4 aliphatic heterocycles. The van der Waals surface area contributed by atoms with Crippen molar-refractivity contribution in [1.29, 1.82) is 0 Å². The number of hydrogen-bond donors (Lipinski definition) is 2. The molecule has 46 heavy (non-hydrogen) atoms. The Morgan fingerprint density at radius 3 is 2.30 bits per heavy atom. The van der Waals surface area contributed by atoms with Gasteiger partial charge in [0, 0.05) is 57.8 Å². The van der Waals surface area contributed by atoms with E-state index in [4.69, 9.17) is 14.2 Å². The van der Waals surface area contributed by atoms with Crippen LogP contribution in [0.4, 0.5) is 4.39 Å². The smallest absolute Gasteiger partial charge is 0.256 e. The largest absolute Gasteiger partial charge is 0.379 e. The topological polar surface area (TPSA) is 113 Å². The minimum Gasteiger partial charge on any atom is -0.379 e. The fourth-order valence-electron chi connectivity index (χ4n) is 9.39. The third-order valence-electron chi connectivity index (χ3n) is 11.9. The second kappa shape index (κ2) is 14.6. The van der Waals surface area contributed by atoms with E-state index >= 15 is 4.39 Å². The van der Waals surface area contributed by atoms with Crippen molar-refractivity contribution in [1.82, 2.24) is 25.3 Å². The number of amides is 2. The van der Waals surface area contributed by atoms with E-state index in [1.807, 2.05) is 0 Å². The lowest BCUT2D eigenvalue weighted by atomic mass is 9.65. The number of Topliss-reactive ketones (excluding diaryl/α,β-unsaturated/α-hetero) is 1. The molecule has 3 saturated carbocycles. The third kappa shape index (κ3) is 6.88. The molecule has 0 aromatic carbocycles. The Morgan fingerprint density at radius 1 is 0.913 bits per heavy atom. The first-order valence-electron chi connectivity index (χ1n) is 18.0. The van der Waals surface area contributed by atoms with Crippen molar-refractivity contribution >= 4 is 17.6 Å². The van der Waals surface area contributed by atoms with Crippen LogP contribution >= 0.6 is 0 Å². The normalized spacial score (nSPS) is 38.2. The molecule has 256 valence electrons. The Bertz CT molecular complexity index is 1150. The van der Waals surface area contributed by atoms with Crippen LogP contribution in [0.1, 0.15) is 57.8 Å². The Labute approximate surface area is 271 Å². The van der Waals surface area contributed by atoms with Gasteiger partial charge in [-0.2, -0.15) is 0 Å². The van der Waals surface area contributed by atoms with E-state index in [1.54, 1.807) is 6.20 Å². The number of halogens is 1. The van der Waals surface area contributed by atoms with Crippen molar-refractivity contribution in [2.24, 2.45) is 17.8 Å². The van der Waals surface area contributed by atoms with E-state index in [1.165, 1.54) is 25.7 Å². The molecule has 7 aliphatic rings. The maximum atomic E-state index is 16.2. The van der Waals surface area contributed by atoms with Crippen LogP contribution in [0.25, 0.3) is 0 Å². The highest BCUT2D eigenvalue weighted by atomic mass is 19.1. The molecule has 0 spiro atoms. The Balaban J connectivity index is 1.07. The second-order valence-electron chi connectivity index (χ2n) is 14.5. The summed E-state index contributed by atoms with van der Waals surface area (Å²) in [5, 5.41) is 6.00. The highest BCUT2D eigenvalue weighted by molar-refractivity contribution is 6.20. The number of nitrogens with one attached hydrogen (secondary N) is 2. The molecule has 9 atom stereocenters. The molecule has 0 aromatic heterocycles. The number of carbonyl (C=O) groups is 3.